The molecule has 2 unspecified atom stereocenters. The fraction of sp³-hybridized carbons (Fsp3) is 0.368. The third kappa shape index (κ3) is 3.29. The molecule has 1 fully saturated rings. The van der Waals surface area contributed by atoms with Crippen molar-refractivity contribution in [1.82, 2.24) is 15.2 Å². The molecule has 4 rings (SSSR count). The first-order chi connectivity index (χ1) is 13.4. The van der Waals surface area contributed by atoms with Gasteiger partial charge < -0.3 is 15.5 Å². The molecule has 7 nitrogen and oxygen atoms in total. The van der Waals surface area contributed by atoms with Gasteiger partial charge in [-0.05, 0) is 25.5 Å². The lowest BCUT2D eigenvalue weighted by Crippen LogP contribution is -2.52. The van der Waals surface area contributed by atoms with Gasteiger partial charge in [-0.15, -0.1) is 23.1 Å². The number of thioether (sulfide) groups is 1. The summed E-state index contributed by atoms with van der Waals surface area (Å²) >= 11 is 2.96. The van der Waals surface area contributed by atoms with Crippen molar-refractivity contribution in [2.45, 2.75) is 36.4 Å². The van der Waals surface area contributed by atoms with E-state index in [9.17, 15) is 14.4 Å². The maximum atomic E-state index is 12.9. The van der Waals surface area contributed by atoms with Crippen LogP contribution in [0.15, 0.2) is 35.8 Å². The quantitative estimate of drug-likeness (QED) is 0.782. The van der Waals surface area contributed by atoms with Crippen LogP contribution in [0.5, 0.6) is 0 Å². The van der Waals surface area contributed by atoms with Gasteiger partial charge in [0.05, 0.1) is 0 Å². The molecule has 1 aromatic carbocycles. The van der Waals surface area contributed by atoms with Crippen LogP contribution in [0.3, 0.4) is 0 Å². The van der Waals surface area contributed by atoms with Crippen LogP contribution in [0.4, 0.5) is 5.13 Å². The van der Waals surface area contributed by atoms with Gasteiger partial charge in [0, 0.05) is 34.9 Å². The van der Waals surface area contributed by atoms with Crippen LogP contribution in [0.1, 0.15) is 41.6 Å². The van der Waals surface area contributed by atoms with E-state index < -0.39 is 10.8 Å². The molecule has 0 radical (unpaired) electrons. The van der Waals surface area contributed by atoms with Crippen molar-refractivity contribution in [3.8, 4) is 0 Å². The number of aromatic nitrogens is 1. The van der Waals surface area contributed by atoms with Crippen molar-refractivity contribution in [3.05, 3.63) is 47.0 Å². The first kappa shape index (κ1) is 18.9. The van der Waals surface area contributed by atoms with Gasteiger partial charge in [-0.25, -0.2) is 4.98 Å². The molecule has 0 bridgehead atoms. The first-order valence-corrected chi connectivity index (χ1v) is 10.7. The number of benzene rings is 1. The lowest BCUT2D eigenvalue weighted by atomic mass is 10.0. The molecule has 3 amide bonds. The maximum absolute atomic E-state index is 12.9. The maximum Gasteiger partial charge on any atom is 0.256 e. The predicted molar refractivity (Wildman–Crippen MR) is 109 cm³/mol. The Morgan fingerprint density at radius 2 is 2.07 bits per heavy atom. The van der Waals surface area contributed by atoms with Gasteiger partial charge in [0.2, 0.25) is 11.8 Å². The SMILES string of the molecule is CC1(C)SC2c3ccccc3C(=O)N2C1C(=O)NCCC(=O)Nc1nccs1. The largest absolute Gasteiger partial charge is 0.354 e. The number of hydrogen-bond donors (Lipinski definition) is 2. The van der Waals surface area contributed by atoms with E-state index in [1.807, 2.05) is 38.1 Å². The number of amides is 3. The average Bonchev–Trinajstić information content (AvgIpc) is 3.31. The zero-order chi connectivity index (χ0) is 19.9. The summed E-state index contributed by atoms with van der Waals surface area (Å²) in [4.78, 5) is 43.5. The van der Waals surface area contributed by atoms with Crippen molar-refractivity contribution in [2.24, 2.45) is 0 Å². The number of thiazole rings is 1. The number of nitrogens with zero attached hydrogens (tertiary/aromatic N) is 2. The molecule has 2 aromatic rings. The van der Waals surface area contributed by atoms with Crippen molar-refractivity contribution >= 4 is 46.0 Å². The summed E-state index contributed by atoms with van der Waals surface area (Å²) in [7, 11) is 0. The molecule has 2 atom stereocenters. The van der Waals surface area contributed by atoms with Crippen LogP contribution in [0.2, 0.25) is 0 Å². The topological polar surface area (TPSA) is 91.4 Å². The second-order valence-electron chi connectivity index (χ2n) is 7.20. The van der Waals surface area contributed by atoms with Gasteiger partial charge in [-0.2, -0.15) is 0 Å². The predicted octanol–water partition coefficient (Wildman–Crippen LogP) is 2.64. The summed E-state index contributed by atoms with van der Waals surface area (Å²) < 4.78 is -0.429. The Bertz CT molecular complexity index is 929. The lowest BCUT2D eigenvalue weighted by molar-refractivity contribution is -0.126. The van der Waals surface area contributed by atoms with E-state index in [4.69, 9.17) is 0 Å². The fourth-order valence-electron chi connectivity index (χ4n) is 3.67. The van der Waals surface area contributed by atoms with E-state index in [2.05, 4.69) is 15.6 Å². The van der Waals surface area contributed by atoms with Gasteiger partial charge >= 0.3 is 0 Å². The minimum atomic E-state index is -0.593. The molecule has 2 aliphatic rings. The summed E-state index contributed by atoms with van der Waals surface area (Å²) in [5, 5.41) is 7.67. The van der Waals surface area contributed by atoms with E-state index in [1.54, 1.807) is 28.2 Å². The number of anilines is 1. The Balaban J connectivity index is 1.41. The fourth-order valence-corrected chi connectivity index (χ4v) is 5.80. The molecule has 3 heterocycles. The second-order valence-corrected chi connectivity index (χ2v) is 9.83. The van der Waals surface area contributed by atoms with Gasteiger partial charge in [-0.3, -0.25) is 14.4 Å². The lowest BCUT2D eigenvalue weighted by Gasteiger charge is -2.29. The van der Waals surface area contributed by atoms with Crippen molar-refractivity contribution in [1.29, 1.82) is 0 Å². The molecular weight excluding hydrogens is 396 g/mol. The average molecular weight is 417 g/mol. The first-order valence-electron chi connectivity index (χ1n) is 8.95. The molecule has 0 saturated carbocycles. The van der Waals surface area contributed by atoms with Gasteiger partial charge in [0.15, 0.2) is 5.13 Å². The van der Waals surface area contributed by atoms with Crippen LogP contribution in [0.25, 0.3) is 0 Å². The Morgan fingerprint density at radius 3 is 2.82 bits per heavy atom. The molecule has 9 heteroatoms. The van der Waals surface area contributed by atoms with Crippen LogP contribution >= 0.6 is 23.1 Å². The van der Waals surface area contributed by atoms with E-state index >= 15 is 0 Å². The van der Waals surface area contributed by atoms with Gasteiger partial charge in [-0.1, -0.05) is 18.2 Å². The molecule has 0 aliphatic carbocycles. The van der Waals surface area contributed by atoms with Gasteiger partial charge in [0.1, 0.15) is 11.4 Å². The Labute approximate surface area is 170 Å². The summed E-state index contributed by atoms with van der Waals surface area (Å²) in [6.07, 6.45) is 1.76. The van der Waals surface area contributed by atoms with Crippen molar-refractivity contribution in [2.75, 3.05) is 11.9 Å². The smallest absolute Gasteiger partial charge is 0.256 e. The molecule has 2 aliphatic heterocycles. The van der Waals surface area contributed by atoms with Crippen LogP contribution in [-0.4, -0.2) is 44.9 Å². The molecule has 1 aromatic heterocycles. The highest BCUT2D eigenvalue weighted by Crippen LogP contribution is 2.56. The van der Waals surface area contributed by atoms with E-state index in [0.717, 1.165) is 5.56 Å². The van der Waals surface area contributed by atoms with Crippen molar-refractivity contribution in [3.63, 3.8) is 0 Å². The number of fused-ring (bicyclic) bond motifs is 3. The zero-order valence-electron chi connectivity index (χ0n) is 15.5. The van der Waals surface area contributed by atoms with E-state index in [-0.39, 0.29) is 36.1 Å². The number of carbonyl (C=O) groups is 3. The highest BCUT2D eigenvalue weighted by molar-refractivity contribution is 8.01. The summed E-state index contributed by atoms with van der Waals surface area (Å²) in [5.41, 5.74) is 1.62. The number of carbonyl (C=O) groups excluding carboxylic acids is 3. The highest BCUT2D eigenvalue weighted by Gasteiger charge is 2.57. The highest BCUT2D eigenvalue weighted by atomic mass is 32.2. The van der Waals surface area contributed by atoms with Crippen molar-refractivity contribution < 1.29 is 14.4 Å². The molecular formula is C19H20N4O3S2. The monoisotopic (exact) mass is 416 g/mol. The normalized spacial score (nSPS) is 21.9. The number of nitrogens with one attached hydrogen (secondary N) is 2. The van der Waals surface area contributed by atoms with Crippen LogP contribution in [-0.2, 0) is 9.59 Å². The minimum absolute atomic E-state index is 0.111. The Kier molecular flexibility index (Phi) is 4.88. The summed E-state index contributed by atoms with van der Waals surface area (Å²) in [6, 6.07) is 6.91. The standard InChI is InChI=1S/C19H20N4O3S2/c1-19(2)14(15(25)20-8-7-13(24)22-18-21-9-10-27-18)23-16(26)11-5-3-4-6-12(11)17(23)28-19/h3-6,9-10,14,17H,7-8H2,1-2H3,(H,20,25)(H,21,22,24). The Morgan fingerprint density at radius 1 is 1.29 bits per heavy atom. The number of rotatable bonds is 5. The van der Waals surface area contributed by atoms with E-state index in [0.29, 0.717) is 10.7 Å². The number of hydrogen-bond acceptors (Lipinski definition) is 6. The second kappa shape index (κ2) is 7.21. The van der Waals surface area contributed by atoms with Crippen LogP contribution in [0, 0.1) is 0 Å². The molecule has 146 valence electrons. The third-order valence-corrected chi connectivity index (χ3v) is 7.10. The van der Waals surface area contributed by atoms with Crippen LogP contribution < -0.4 is 10.6 Å². The molecule has 1 saturated heterocycles. The summed E-state index contributed by atoms with van der Waals surface area (Å²) in [5.74, 6) is -0.554. The van der Waals surface area contributed by atoms with Gasteiger partial charge in [0.25, 0.3) is 5.91 Å². The molecule has 0 spiro atoms. The Hall–Kier alpha value is -2.39. The minimum Gasteiger partial charge on any atom is -0.354 e. The van der Waals surface area contributed by atoms with E-state index in [1.165, 1.54) is 11.3 Å². The molecule has 2 N–H and O–H groups in total. The molecule has 28 heavy (non-hydrogen) atoms. The zero-order valence-corrected chi connectivity index (χ0v) is 17.1. The third-order valence-electron chi connectivity index (χ3n) is 4.87. The summed E-state index contributed by atoms with van der Waals surface area (Å²) in [6.45, 7) is 4.16.